The Balaban J connectivity index is 1.37. The second-order valence-electron chi connectivity index (χ2n) is 6.95. The van der Waals surface area contributed by atoms with Gasteiger partial charge in [-0.05, 0) is 41.3 Å². The third kappa shape index (κ3) is 4.08. The Kier molecular flexibility index (Phi) is 5.41. The fourth-order valence-electron chi connectivity index (χ4n) is 3.49. The van der Waals surface area contributed by atoms with Gasteiger partial charge in [0.05, 0.1) is 18.5 Å². The molecule has 0 radical (unpaired) electrons. The van der Waals surface area contributed by atoms with Gasteiger partial charge < -0.3 is 15.7 Å². The number of fused-ring (bicyclic) bond motifs is 1. The van der Waals surface area contributed by atoms with Crippen LogP contribution in [0.3, 0.4) is 0 Å². The summed E-state index contributed by atoms with van der Waals surface area (Å²) in [7, 11) is 0. The van der Waals surface area contributed by atoms with Crippen LogP contribution in [0, 0.1) is 0 Å². The number of benzene rings is 2. The lowest BCUT2D eigenvalue weighted by atomic mass is 9.93. The maximum atomic E-state index is 12.5. The van der Waals surface area contributed by atoms with E-state index in [9.17, 15) is 9.90 Å². The fourth-order valence-corrected chi connectivity index (χ4v) is 3.49. The average Bonchev–Trinajstić information content (AvgIpc) is 2.77. The summed E-state index contributed by atoms with van der Waals surface area (Å²) in [5.74, 6) is -0.209. The Hall–Kier alpha value is -3.09. The highest BCUT2D eigenvalue weighted by Crippen LogP contribution is 2.19. The maximum absolute atomic E-state index is 12.5. The topological polar surface area (TPSA) is 87.1 Å². The smallest absolute Gasteiger partial charge is 0.251 e. The van der Waals surface area contributed by atoms with Crippen molar-refractivity contribution >= 4 is 5.91 Å². The normalized spacial score (nSPS) is 16.8. The highest BCUT2D eigenvalue weighted by molar-refractivity contribution is 5.95. The van der Waals surface area contributed by atoms with E-state index in [1.165, 1.54) is 11.1 Å². The molecule has 1 aliphatic heterocycles. The van der Waals surface area contributed by atoms with Crippen molar-refractivity contribution in [3.05, 3.63) is 83.7 Å². The van der Waals surface area contributed by atoms with Crippen LogP contribution in [0.25, 0.3) is 11.1 Å². The van der Waals surface area contributed by atoms with Crippen molar-refractivity contribution < 1.29 is 9.90 Å². The summed E-state index contributed by atoms with van der Waals surface area (Å²) in [6, 6.07) is 17.3. The largest absolute Gasteiger partial charge is 0.390 e. The van der Waals surface area contributed by atoms with Gasteiger partial charge in [0.15, 0.2) is 0 Å². The van der Waals surface area contributed by atoms with E-state index in [2.05, 4.69) is 33.0 Å². The predicted molar refractivity (Wildman–Crippen MR) is 107 cm³/mol. The van der Waals surface area contributed by atoms with Crippen LogP contribution in [0.1, 0.15) is 21.5 Å². The van der Waals surface area contributed by atoms with E-state index < -0.39 is 6.10 Å². The molecule has 0 spiro atoms. The Morgan fingerprint density at radius 2 is 1.96 bits per heavy atom. The molecule has 1 amide bonds. The molecule has 3 N–H and O–H groups in total. The molecule has 0 fully saturated rings. The van der Waals surface area contributed by atoms with Crippen molar-refractivity contribution in [3.8, 4) is 11.1 Å². The number of carbonyl (C=O) groups excluding carboxylic acids is 1. The second-order valence-corrected chi connectivity index (χ2v) is 6.95. The van der Waals surface area contributed by atoms with Crippen molar-refractivity contribution in [2.24, 2.45) is 0 Å². The summed E-state index contributed by atoms with van der Waals surface area (Å²) >= 11 is 0. The van der Waals surface area contributed by atoms with Crippen LogP contribution >= 0.6 is 0 Å². The van der Waals surface area contributed by atoms with Gasteiger partial charge in [0.1, 0.15) is 0 Å². The van der Waals surface area contributed by atoms with Crippen molar-refractivity contribution in [2.45, 2.75) is 25.1 Å². The lowest BCUT2D eigenvalue weighted by Crippen LogP contribution is -2.49. The summed E-state index contributed by atoms with van der Waals surface area (Å²) < 4.78 is 0. The van der Waals surface area contributed by atoms with Gasteiger partial charge >= 0.3 is 0 Å². The van der Waals surface area contributed by atoms with Gasteiger partial charge in [0.25, 0.3) is 5.91 Å². The van der Waals surface area contributed by atoms with E-state index in [0.717, 1.165) is 24.1 Å². The Morgan fingerprint density at radius 3 is 2.79 bits per heavy atom. The molecule has 142 valence electrons. The number of amides is 1. The van der Waals surface area contributed by atoms with Gasteiger partial charge in [0, 0.05) is 30.3 Å². The zero-order valence-corrected chi connectivity index (χ0v) is 15.4. The number of hydrogen-bond donors (Lipinski definition) is 3. The molecular formula is C22H22N4O2. The van der Waals surface area contributed by atoms with E-state index in [1.807, 2.05) is 36.4 Å². The first-order chi connectivity index (χ1) is 13.7. The van der Waals surface area contributed by atoms with Crippen molar-refractivity contribution in [2.75, 3.05) is 6.54 Å². The zero-order chi connectivity index (χ0) is 19.3. The van der Waals surface area contributed by atoms with Crippen LogP contribution in [-0.2, 0) is 13.0 Å². The molecule has 2 atom stereocenters. The summed E-state index contributed by atoms with van der Waals surface area (Å²) in [6.45, 7) is 0.924. The van der Waals surface area contributed by atoms with E-state index in [1.54, 1.807) is 18.5 Å². The lowest BCUT2D eigenvalue weighted by Gasteiger charge is -2.30. The van der Waals surface area contributed by atoms with Gasteiger partial charge in [-0.2, -0.15) is 10.2 Å². The standard InChI is InChI=1S/C22H22N4O2/c27-21(20-11-16-4-1-2-5-18(16)12-23-20)14-24-22(28)17-7-3-6-15(10-17)19-8-9-25-26-13-19/h1-10,13,20-21,23,27H,11-12,14H2,(H,24,28)/t20-,21+/m0/s1. The summed E-state index contributed by atoms with van der Waals surface area (Å²) in [5.41, 5.74) is 4.85. The number of carbonyl (C=O) groups is 1. The fraction of sp³-hybridized carbons (Fsp3) is 0.227. The Morgan fingerprint density at radius 1 is 1.11 bits per heavy atom. The SMILES string of the molecule is O=C(NC[C@@H](O)[C@@H]1Cc2ccccc2CN1)c1cccc(-c2ccnnc2)c1. The monoisotopic (exact) mass is 374 g/mol. The lowest BCUT2D eigenvalue weighted by molar-refractivity contribution is 0.0870. The third-order valence-electron chi connectivity index (χ3n) is 5.09. The first kappa shape index (κ1) is 18.3. The second kappa shape index (κ2) is 8.29. The van der Waals surface area contributed by atoms with Gasteiger partial charge in [0.2, 0.25) is 0 Å². The first-order valence-electron chi connectivity index (χ1n) is 9.34. The zero-order valence-electron chi connectivity index (χ0n) is 15.4. The molecular weight excluding hydrogens is 352 g/mol. The number of hydrogen-bond acceptors (Lipinski definition) is 5. The van der Waals surface area contributed by atoms with Crippen molar-refractivity contribution in [1.82, 2.24) is 20.8 Å². The number of nitrogens with zero attached hydrogens (tertiary/aromatic N) is 2. The molecule has 1 aromatic heterocycles. The Bertz CT molecular complexity index is 962. The van der Waals surface area contributed by atoms with Crippen molar-refractivity contribution in [1.29, 1.82) is 0 Å². The van der Waals surface area contributed by atoms with Crippen LogP contribution in [0.4, 0.5) is 0 Å². The van der Waals surface area contributed by atoms with Gasteiger partial charge in [-0.25, -0.2) is 0 Å². The molecule has 1 aliphatic rings. The van der Waals surface area contributed by atoms with E-state index in [0.29, 0.717) is 5.56 Å². The molecule has 6 heteroatoms. The molecule has 0 unspecified atom stereocenters. The van der Waals surface area contributed by atoms with Crippen LogP contribution in [0.15, 0.2) is 67.0 Å². The average molecular weight is 374 g/mol. The minimum absolute atomic E-state index is 0.0792. The van der Waals surface area contributed by atoms with Crippen LogP contribution in [0.5, 0.6) is 0 Å². The molecule has 0 aliphatic carbocycles. The molecule has 6 nitrogen and oxygen atoms in total. The summed E-state index contributed by atoms with van der Waals surface area (Å²) in [5, 5.41) is 24.4. The van der Waals surface area contributed by atoms with Gasteiger partial charge in [-0.3, -0.25) is 4.79 Å². The molecule has 2 heterocycles. The predicted octanol–water partition coefficient (Wildman–Crippen LogP) is 1.95. The number of nitrogens with one attached hydrogen (secondary N) is 2. The van der Waals surface area contributed by atoms with E-state index in [4.69, 9.17) is 0 Å². The quantitative estimate of drug-likeness (QED) is 0.635. The highest BCUT2D eigenvalue weighted by atomic mass is 16.3. The maximum Gasteiger partial charge on any atom is 0.251 e. The molecule has 3 aromatic rings. The molecule has 0 saturated heterocycles. The number of aromatic nitrogens is 2. The minimum Gasteiger partial charge on any atom is -0.390 e. The molecule has 0 bridgehead atoms. The van der Waals surface area contributed by atoms with Crippen LogP contribution in [-0.4, -0.2) is 39.9 Å². The Labute approximate surface area is 163 Å². The van der Waals surface area contributed by atoms with E-state index >= 15 is 0 Å². The number of aliphatic hydroxyl groups excluding tert-OH is 1. The summed E-state index contributed by atoms with van der Waals surface area (Å²) in [4.78, 5) is 12.5. The van der Waals surface area contributed by atoms with Crippen molar-refractivity contribution in [3.63, 3.8) is 0 Å². The van der Waals surface area contributed by atoms with E-state index in [-0.39, 0.29) is 18.5 Å². The van der Waals surface area contributed by atoms with Crippen LogP contribution in [0.2, 0.25) is 0 Å². The first-order valence-corrected chi connectivity index (χ1v) is 9.34. The molecule has 2 aromatic carbocycles. The minimum atomic E-state index is -0.662. The van der Waals surface area contributed by atoms with Gasteiger partial charge in [-0.1, -0.05) is 36.4 Å². The van der Waals surface area contributed by atoms with Gasteiger partial charge in [-0.15, -0.1) is 0 Å². The number of aliphatic hydroxyl groups is 1. The number of rotatable bonds is 5. The molecule has 0 saturated carbocycles. The molecule has 4 rings (SSSR count). The third-order valence-corrected chi connectivity index (χ3v) is 5.09. The summed E-state index contributed by atoms with van der Waals surface area (Å²) in [6.07, 6.45) is 3.36. The molecule has 28 heavy (non-hydrogen) atoms. The highest BCUT2D eigenvalue weighted by Gasteiger charge is 2.24. The van der Waals surface area contributed by atoms with Crippen LogP contribution < -0.4 is 10.6 Å².